The lowest BCUT2D eigenvalue weighted by molar-refractivity contribution is -0.133. The Kier molecular flexibility index (Phi) is 4.37. The van der Waals surface area contributed by atoms with Crippen LogP contribution in [-0.2, 0) is 9.59 Å². The van der Waals surface area contributed by atoms with Gasteiger partial charge in [0.15, 0.2) is 5.75 Å². The number of carbonyl (C=O) groups excluding carboxylic acids is 2. The smallest absolute Gasteiger partial charge is 0.331 e. The first-order valence-electron chi connectivity index (χ1n) is 7.56. The average molecular weight is 326 g/mol. The van der Waals surface area contributed by atoms with E-state index in [0.717, 1.165) is 11.3 Å². The zero-order valence-electron chi connectivity index (χ0n) is 13.5. The number of fused-ring (bicyclic) bond motifs is 1. The Morgan fingerprint density at radius 2 is 2.08 bits per heavy atom. The van der Waals surface area contributed by atoms with Gasteiger partial charge in [-0.3, -0.25) is 4.79 Å². The van der Waals surface area contributed by atoms with Gasteiger partial charge in [0.25, 0.3) is 0 Å². The van der Waals surface area contributed by atoms with Crippen LogP contribution in [0.1, 0.15) is 5.56 Å². The van der Waals surface area contributed by atoms with Gasteiger partial charge in [0.2, 0.25) is 5.91 Å². The van der Waals surface area contributed by atoms with E-state index >= 15 is 0 Å². The Balaban J connectivity index is 1.76. The number of carbonyl (C=O) groups is 2. The van der Waals surface area contributed by atoms with E-state index in [9.17, 15) is 9.59 Å². The van der Waals surface area contributed by atoms with Crippen LogP contribution in [0.2, 0.25) is 0 Å². The Bertz CT molecular complexity index is 788. The van der Waals surface area contributed by atoms with Crippen LogP contribution in [0, 0.1) is 6.92 Å². The van der Waals surface area contributed by atoms with Crippen LogP contribution in [0.4, 0.5) is 11.4 Å². The van der Waals surface area contributed by atoms with Gasteiger partial charge in [0.05, 0.1) is 25.0 Å². The number of methoxy groups -OCH3 is 1. The number of ether oxygens (including phenoxy) is 2. The number of aryl methyl sites for hydroxylation is 1. The molecular weight excluding hydrogens is 308 g/mol. The number of benzene rings is 2. The number of hydrogen-bond donors (Lipinski definition) is 1. The molecule has 124 valence electrons. The Hall–Kier alpha value is -3.02. The molecule has 0 radical (unpaired) electrons. The molecule has 0 saturated carbocycles. The molecule has 1 heterocycles. The topological polar surface area (TPSA) is 67.9 Å². The molecule has 2 aromatic carbocycles. The maximum absolute atomic E-state index is 12.4. The molecule has 0 fully saturated rings. The Labute approximate surface area is 140 Å². The summed E-state index contributed by atoms with van der Waals surface area (Å²) in [6.07, 6.45) is 0. The zero-order valence-corrected chi connectivity index (χ0v) is 13.5. The quantitative estimate of drug-likeness (QED) is 0.690. The van der Waals surface area contributed by atoms with Crippen molar-refractivity contribution in [3.8, 4) is 11.5 Å². The minimum atomic E-state index is -0.380. The highest BCUT2D eigenvalue weighted by Gasteiger charge is 2.25. The maximum Gasteiger partial charge on any atom is 0.331 e. The van der Waals surface area contributed by atoms with Crippen molar-refractivity contribution in [3.05, 3.63) is 48.0 Å². The third-order valence-corrected chi connectivity index (χ3v) is 3.71. The molecule has 0 atom stereocenters. The average Bonchev–Trinajstić information content (AvgIpc) is 2.55. The summed E-state index contributed by atoms with van der Waals surface area (Å²) in [6, 6.07) is 12.7. The molecule has 1 aliphatic heterocycles. The highest BCUT2D eigenvalue weighted by Crippen LogP contribution is 2.31. The number of rotatable bonds is 4. The lowest BCUT2D eigenvalue weighted by Crippen LogP contribution is -2.41. The predicted octanol–water partition coefficient (Wildman–Crippen LogP) is 2.37. The molecular formula is C18H18N2O4. The molecule has 2 aromatic rings. The van der Waals surface area contributed by atoms with Crippen LogP contribution >= 0.6 is 0 Å². The van der Waals surface area contributed by atoms with Crippen LogP contribution in [0.15, 0.2) is 42.5 Å². The van der Waals surface area contributed by atoms with Crippen molar-refractivity contribution in [2.45, 2.75) is 6.92 Å². The first-order chi connectivity index (χ1) is 11.6. The summed E-state index contributed by atoms with van der Waals surface area (Å²) in [6.45, 7) is 2.02. The molecule has 0 aliphatic carbocycles. The third-order valence-electron chi connectivity index (χ3n) is 3.71. The van der Waals surface area contributed by atoms with E-state index in [1.165, 1.54) is 0 Å². The lowest BCUT2D eigenvalue weighted by atomic mass is 10.2. The van der Waals surface area contributed by atoms with Gasteiger partial charge in [-0.05, 0) is 36.8 Å². The molecule has 6 heteroatoms. The van der Waals surface area contributed by atoms with Crippen molar-refractivity contribution >= 4 is 23.3 Å². The number of para-hydroxylation sites is 2. The van der Waals surface area contributed by atoms with Crippen LogP contribution in [0.25, 0.3) is 0 Å². The fourth-order valence-electron chi connectivity index (χ4n) is 2.62. The molecule has 6 nitrogen and oxygen atoms in total. The summed E-state index contributed by atoms with van der Waals surface area (Å²) in [5.74, 6) is 0.445. The predicted molar refractivity (Wildman–Crippen MR) is 90.7 cm³/mol. The standard InChI is InChI=1S/C18H18N2O4/c1-12-7-8-15(23-2)13(9-12)19-17(21)10-20-11-18(22)24-16-6-4-3-5-14(16)20/h3-9H,10-11H2,1-2H3,(H,19,21). The van der Waals surface area contributed by atoms with E-state index in [2.05, 4.69) is 5.32 Å². The van der Waals surface area contributed by atoms with E-state index < -0.39 is 0 Å². The van der Waals surface area contributed by atoms with E-state index in [1.807, 2.05) is 31.2 Å². The molecule has 1 N–H and O–H groups in total. The monoisotopic (exact) mass is 326 g/mol. The van der Waals surface area contributed by atoms with Gasteiger partial charge < -0.3 is 19.7 Å². The fourth-order valence-corrected chi connectivity index (χ4v) is 2.62. The maximum atomic E-state index is 12.4. The van der Waals surface area contributed by atoms with Crippen molar-refractivity contribution in [2.75, 3.05) is 30.4 Å². The number of nitrogens with zero attached hydrogens (tertiary/aromatic N) is 1. The minimum Gasteiger partial charge on any atom is -0.495 e. The fraction of sp³-hybridized carbons (Fsp3) is 0.222. The van der Waals surface area contributed by atoms with Gasteiger partial charge in [0, 0.05) is 0 Å². The van der Waals surface area contributed by atoms with Crippen molar-refractivity contribution in [2.24, 2.45) is 0 Å². The second-order valence-electron chi connectivity index (χ2n) is 5.55. The molecule has 1 amide bonds. The summed E-state index contributed by atoms with van der Waals surface area (Å²) in [7, 11) is 1.55. The highest BCUT2D eigenvalue weighted by molar-refractivity contribution is 5.97. The van der Waals surface area contributed by atoms with Crippen molar-refractivity contribution < 1.29 is 19.1 Å². The minimum absolute atomic E-state index is 0.0371. The Morgan fingerprint density at radius 3 is 2.88 bits per heavy atom. The van der Waals surface area contributed by atoms with Gasteiger partial charge >= 0.3 is 5.97 Å². The van der Waals surface area contributed by atoms with Crippen LogP contribution in [-0.4, -0.2) is 32.1 Å². The normalized spacial score (nSPS) is 13.1. The summed E-state index contributed by atoms with van der Waals surface area (Å²) >= 11 is 0. The second kappa shape index (κ2) is 6.62. The summed E-state index contributed by atoms with van der Waals surface area (Å²) < 4.78 is 10.4. The van der Waals surface area contributed by atoms with E-state index in [-0.39, 0.29) is 25.0 Å². The number of amides is 1. The van der Waals surface area contributed by atoms with Crippen LogP contribution in [0.5, 0.6) is 11.5 Å². The van der Waals surface area contributed by atoms with Crippen molar-refractivity contribution in [1.82, 2.24) is 0 Å². The molecule has 0 saturated heterocycles. The van der Waals surface area contributed by atoms with Crippen LogP contribution in [0.3, 0.4) is 0 Å². The molecule has 0 bridgehead atoms. The zero-order chi connectivity index (χ0) is 17.1. The van der Waals surface area contributed by atoms with Gasteiger partial charge in [-0.1, -0.05) is 18.2 Å². The molecule has 0 spiro atoms. The number of hydrogen-bond acceptors (Lipinski definition) is 5. The highest BCUT2D eigenvalue weighted by atomic mass is 16.5. The van der Waals surface area contributed by atoms with Crippen LogP contribution < -0.4 is 19.7 Å². The van der Waals surface area contributed by atoms with E-state index in [1.54, 1.807) is 30.2 Å². The second-order valence-corrected chi connectivity index (χ2v) is 5.55. The molecule has 24 heavy (non-hydrogen) atoms. The number of anilines is 2. The largest absolute Gasteiger partial charge is 0.495 e. The lowest BCUT2D eigenvalue weighted by Gasteiger charge is -2.29. The Morgan fingerprint density at radius 1 is 1.29 bits per heavy atom. The molecule has 1 aliphatic rings. The van der Waals surface area contributed by atoms with Gasteiger partial charge in [-0.25, -0.2) is 4.79 Å². The summed E-state index contributed by atoms with van der Waals surface area (Å²) in [4.78, 5) is 25.8. The van der Waals surface area contributed by atoms with Crippen molar-refractivity contribution in [1.29, 1.82) is 0 Å². The van der Waals surface area contributed by atoms with E-state index in [0.29, 0.717) is 17.2 Å². The number of nitrogens with one attached hydrogen (secondary N) is 1. The van der Waals surface area contributed by atoms with E-state index in [4.69, 9.17) is 9.47 Å². The third kappa shape index (κ3) is 3.32. The SMILES string of the molecule is COc1ccc(C)cc1NC(=O)CN1CC(=O)Oc2ccccc21. The van der Waals surface area contributed by atoms with Gasteiger partial charge in [-0.2, -0.15) is 0 Å². The molecule has 0 unspecified atom stereocenters. The summed E-state index contributed by atoms with van der Waals surface area (Å²) in [5.41, 5.74) is 2.34. The molecule has 0 aromatic heterocycles. The summed E-state index contributed by atoms with van der Waals surface area (Å²) in [5, 5.41) is 2.84. The van der Waals surface area contributed by atoms with Gasteiger partial charge in [-0.15, -0.1) is 0 Å². The first-order valence-corrected chi connectivity index (χ1v) is 7.56. The van der Waals surface area contributed by atoms with Crippen molar-refractivity contribution in [3.63, 3.8) is 0 Å². The number of esters is 1. The molecule has 3 rings (SSSR count). The van der Waals surface area contributed by atoms with Gasteiger partial charge in [0.1, 0.15) is 12.3 Å². The first kappa shape index (κ1) is 15.9.